The number of hydrogen-bond donors (Lipinski definition) is 0. The summed E-state index contributed by atoms with van der Waals surface area (Å²) >= 11 is 0. The zero-order valence-corrected chi connectivity index (χ0v) is 15.1. The molecule has 0 unspecified atom stereocenters. The third kappa shape index (κ3) is 3.72. The smallest absolute Gasteiger partial charge is 0.227 e. The first-order chi connectivity index (χ1) is 12.0. The molecule has 8 heteroatoms. The maximum atomic E-state index is 12.6. The van der Waals surface area contributed by atoms with Crippen molar-refractivity contribution in [2.45, 2.75) is 27.2 Å². The Bertz CT molecular complexity index is 746. The second kappa shape index (κ2) is 7.08. The van der Waals surface area contributed by atoms with E-state index >= 15 is 0 Å². The van der Waals surface area contributed by atoms with Gasteiger partial charge in [-0.1, -0.05) is 5.16 Å². The quantitative estimate of drug-likeness (QED) is 0.825. The molecular weight excluding hydrogens is 322 g/mol. The van der Waals surface area contributed by atoms with Crippen molar-refractivity contribution in [2.75, 3.05) is 38.2 Å². The Morgan fingerprint density at radius 2 is 1.92 bits per heavy atom. The van der Waals surface area contributed by atoms with Crippen molar-refractivity contribution in [2.24, 2.45) is 0 Å². The summed E-state index contributed by atoms with van der Waals surface area (Å²) in [5.41, 5.74) is 1.68. The van der Waals surface area contributed by atoms with Crippen molar-refractivity contribution >= 4 is 11.7 Å². The number of nitrogens with zero attached hydrogens (tertiary/aromatic N) is 5. The Labute approximate surface area is 146 Å². The van der Waals surface area contributed by atoms with Crippen molar-refractivity contribution in [1.82, 2.24) is 20.0 Å². The molecular formula is C17H23N5O3. The monoisotopic (exact) mass is 345 g/mol. The van der Waals surface area contributed by atoms with Gasteiger partial charge in [0.15, 0.2) is 0 Å². The largest absolute Gasteiger partial charge is 0.481 e. The van der Waals surface area contributed by atoms with Crippen molar-refractivity contribution < 1.29 is 14.1 Å². The highest BCUT2D eigenvalue weighted by molar-refractivity contribution is 5.79. The molecule has 2 aromatic heterocycles. The van der Waals surface area contributed by atoms with E-state index in [0.717, 1.165) is 30.2 Å². The summed E-state index contributed by atoms with van der Waals surface area (Å²) < 4.78 is 10.3. The third-order valence-electron chi connectivity index (χ3n) is 4.48. The molecule has 0 aliphatic carbocycles. The van der Waals surface area contributed by atoms with E-state index in [1.165, 1.54) is 0 Å². The van der Waals surface area contributed by atoms with Crippen molar-refractivity contribution in [1.29, 1.82) is 0 Å². The fraction of sp³-hybridized carbons (Fsp3) is 0.529. The minimum atomic E-state index is 0.102. The molecule has 1 aliphatic rings. The molecule has 8 nitrogen and oxygen atoms in total. The van der Waals surface area contributed by atoms with Crippen molar-refractivity contribution in [3.63, 3.8) is 0 Å². The maximum Gasteiger partial charge on any atom is 0.227 e. The highest BCUT2D eigenvalue weighted by Gasteiger charge is 2.24. The minimum absolute atomic E-state index is 0.102. The van der Waals surface area contributed by atoms with E-state index < -0.39 is 0 Å². The number of rotatable bonds is 4. The molecule has 0 bridgehead atoms. The highest BCUT2D eigenvalue weighted by Crippen LogP contribution is 2.20. The van der Waals surface area contributed by atoms with E-state index in [0.29, 0.717) is 37.0 Å². The van der Waals surface area contributed by atoms with Crippen molar-refractivity contribution in [3.05, 3.63) is 28.9 Å². The number of anilines is 1. The average Bonchev–Trinajstić information content (AvgIpc) is 2.93. The number of amides is 1. The first-order valence-corrected chi connectivity index (χ1v) is 8.32. The van der Waals surface area contributed by atoms with Gasteiger partial charge in [-0.3, -0.25) is 4.79 Å². The van der Waals surface area contributed by atoms with Crippen LogP contribution in [-0.4, -0.2) is 59.2 Å². The van der Waals surface area contributed by atoms with Gasteiger partial charge >= 0.3 is 0 Å². The summed E-state index contributed by atoms with van der Waals surface area (Å²) in [5, 5.41) is 3.91. The van der Waals surface area contributed by atoms with Crippen molar-refractivity contribution in [3.8, 4) is 5.88 Å². The molecule has 1 aliphatic heterocycles. The van der Waals surface area contributed by atoms with E-state index in [1.807, 2.05) is 31.7 Å². The maximum absolute atomic E-state index is 12.6. The van der Waals surface area contributed by atoms with Gasteiger partial charge in [-0.2, -0.15) is 4.98 Å². The Kier molecular flexibility index (Phi) is 4.87. The normalized spacial score (nSPS) is 14.7. The van der Waals surface area contributed by atoms with Crippen LogP contribution in [0.25, 0.3) is 0 Å². The van der Waals surface area contributed by atoms with Crippen LogP contribution in [0.15, 0.2) is 10.6 Å². The summed E-state index contributed by atoms with van der Waals surface area (Å²) in [6, 6.07) is 1.83. The van der Waals surface area contributed by atoms with Gasteiger partial charge in [0, 0.05) is 37.8 Å². The van der Waals surface area contributed by atoms with Gasteiger partial charge in [0.1, 0.15) is 17.4 Å². The van der Waals surface area contributed by atoms with Crippen LogP contribution >= 0.6 is 0 Å². The third-order valence-corrected chi connectivity index (χ3v) is 4.48. The molecule has 134 valence electrons. The number of aryl methyl sites for hydroxylation is 3. The van der Waals surface area contributed by atoms with Gasteiger partial charge in [-0.25, -0.2) is 4.98 Å². The predicted octanol–water partition coefficient (Wildman–Crippen LogP) is 1.29. The van der Waals surface area contributed by atoms with E-state index in [-0.39, 0.29) is 5.91 Å². The second-order valence-electron chi connectivity index (χ2n) is 6.16. The molecule has 2 aromatic rings. The molecule has 0 saturated carbocycles. The summed E-state index contributed by atoms with van der Waals surface area (Å²) in [6.07, 6.45) is 0.335. The lowest BCUT2D eigenvalue weighted by Gasteiger charge is -2.35. The average molecular weight is 345 g/mol. The molecule has 0 aromatic carbocycles. The van der Waals surface area contributed by atoms with Gasteiger partial charge in [-0.15, -0.1) is 0 Å². The number of ether oxygens (including phenoxy) is 1. The number of piperazine rings is 1. The van der Waals surface area contributed by atoms with Gasteiger partial charge in [0.2, 0.25) is 11.8 Å². The van der Waals surface area contributed by atoms with Crippen LogP contribution in [0.3, 0.4) is 0 Å². The first-order valence-electron chi connectivity index (χ1n) is 8.32. The van der Waals surface area contributed by atoms with E-state index in [9.17, 15) is 4.79 Å². The molecule has 25 heavy (non-hydrogen) atoms. The standard InChI is InChI=1S/C17H23N5O3/c1-11-14(12(2)25-20-11)9-17(23)22-7-5-21(6-8-22)15-10-16(24-4)19-13(3)18-15/h10H,5-9H2,1-4H3. The lowest BCUT2D eigenvalue weighted by Crippen LogP contribution is -2.49. The second-order valence-corrected chi connectivity index (χ2v) is 6.16. The zero-order chi connectivity index (χ0) is 18.0. The van der Waals surface area contributed by atoms with Gasteiger partial charge in [0.25, 0.3) is 0 Å². The molecule has 1 fully saturated rings. The SMILES string of the molecule is COc1cc(N2CCN(C(=O)Cc3c(C)noc3C)CC2)nc(C)n1. The van der Waals surface area contributed by atoms with E-state index in [2.05, 4.69) is 20.0 Å². The predicted molar refractivity (Wildman–Crippen MR) is 91.8 cm³/mol. The number of hydrogen-bond acceptors (Lipinski definition) is 7. The first kappa shape index (κ1) is 17.2. The fourth-order valence-corrected chi connectivity index (χ4v) is 2.99. The Morgan fingerprint density at radius 1 is 1.20 bits per heavy atom. The summed E-state index contributed by atoms with van der Waals surface area (Å²) in [7, 11) is 1.59. The van der Waals surface area contributed by atoms with Crippen LogP contribution in [0.1, 0.15) is 22.8 Å². The topological polar surface area (TPSA) is 84.6 Å². The highest BCUT2D eigenvalue weighted by atomic mass is 16.5. The molecule has 0 atom stereocenters. The number of carbonyl (C=O) groups is 1. The minimum Gasteiger partial charge on any atom is -0.481 e. The van der Waals surface area contributed by atoms with Crippen LogP contribution in [0.4, 0.5) is 5.82 Å². The molecule has 0 spiro atoms. The Morgan fingerprint density at radius 3 is 2.52 bits per heavy atom. The van der Waals surface area contributed by atoms with E-state index in [1.54, 1.807) is 7.11 Å². The molecule has 0 radical (unpaired) electrons. The molecule has 3 heterocycles. The molecule has 1 amide bonds. The lowest BCUT2D eigenvalue weighted by atomic mass is 10.1. The molecule has 0 N–H and O–H groups in total. The van der Waals surface area contributed by atoms with Gasteiger partial charge < -0.3 is 19.1 Å². The van der Waals surface area contributed by atoms with Crippen LogP contribution in [0, 0.1) is 20.8 Å². The molecule has 1 saturated heterocycles. The number of aromatic nitrogens is 3. The summed E-state index contributed by atoms with van der Waals surface area (Å²) in [6.45, 7) is 8.32. The van der Waals surface area contributed by atoms with Gasteiger partial charge in [0.05, 0.1) is 19.2 Å². The Balaban J connectivity index is 1.62. The molecule has 3 rings (SSSR count). The van der Waals surface area contributed by atoms with Crippen LogP contribution in [-0.2, 0) is 11.2 Å². The summed E-state index contributed by atoms with van der Waals surface area (Å²) in [5.74, 6) is 2.88. The van der Waals surface area contributed by atoms with E-state index in [4.69, 9.17) is 9.26 Å². The summed E-state index contributed by atoms with van der Waals surface area (Å²) in [4.78, 5) is 25.3. The van der Waals surface area contributed by atoms with Crippen LogP contribution in [0.2, 0.25) is 0 Å². The van der Waals surface area contributed by atoms with Crippen LogP contribution < -0.4 is 9.64 Å². The number of carbonyl (C=O) groups excluding carboxylic acids is 1. The zero-order valence-electron chi connectivity index (χ0n) is 15.1. The lowest BCUT2D eigenvalue weighted by molar-refractivity contribution is -0.130. The van der Waals surface area contributed by atoms with Crippen LogP contribution in [0.5, 0.6) is 5.88 Å². The number of methoxy groups -OCH3 is 1. The Hall–Kier alpha value is -2.64. The fourth-order valence-electron chi connectivity index (χ4n) is 2.99. The van der Waals surface area contributed by atoms with Gasteiger partial charge in [-0.05, 0) is 20.8 Å².